The average molecular weight is 240 g/mol. The van der Waals surface area contributed by atoms with Gasteiger partial charge in [0.15, 0.2) is 0 Å². The zero-order valence-corrected chi connectivity index (χ0v) is 7.98. The largest absolute Gasteiger partial charge is 0.802 e. The monoisotopic (exact) mass is 239 g/mol. The van der Waals surface area contributed by atoms with E-state index in [0.717, 1.165) is 4.47 Å². The van der Waals surface area contributed by atoms with Gasteiger partial charge in [-0.15, -0.1) is 0 Å². The highest BCUT2D eigenvalue weighted by molar-refractivity contribution is 9.10. The highest BCUT2D eigenvalue weighted by Crippen LogP contribution is 2.16. The molecule has 0 aliphatic carbocycles. The molecule has 0 atom stereocenters. The molecule has 13 heavy (non-hydrogen) atoms. The molecule has 0 saturated carbocycles. The van der Waals surface area contributed by atoms with Gasteiger partial charge in [-0.3, -0.25) is 0 Å². The number of hydrogen-bond acceptors (Lipinski definition) is 3. The molecule has 5 heteroatoms. The van der Waals surface area contributed by atoms with E-state index in [2.05, 4.69) is 20.9 Å². The molecule has 0 amide bonds. The van der Waals surface area contributed by atoms with Crippen LogP contribution in [0, 0.1) is 5.21 Å². The lowest BCUT2D eigenvalue weighted by molar-refractivity contribution is 0.969. The van der Waals surface area contributed by atoms with E-state index in [0.29, 0.717) is 10.9 Å². The first-order chi connectivity index (χ1) is 6.18. The molecule has 0 fully saturated rings. The molecular weight excluding hydrogens is 236 g/mol. The average Bonchev–Trinajstić information content (AvgIpc) is 2.12. The molecule has 0 aliphatic heterocycles. The Kier molecular flexibility index (Phi) is 1.81. The molecule has 0 spiro atoms. The summed E-state index contributed by atoms with van der Waals surface area (Å²) >= 11 is 3.22. The van der Waals surface area contributed by atoms with Crippen LogP contribution in [0.5, 0.6) is 0 Å². The Morgan fingerprint density at radius 2 is 2.23 bits per heavy atom. The van der Waals surface area contributed by atoms with Crippen molar-refractivity contribution < 1.29 is 0 Å². The number of rotatable bonds is 0. The maximum atomic E-state index is 11.2. The van der Waals surface area contributed by atoms with Gasteiger partial charge in [0.1, 0.15) is 0 Å². The van der Waals surface area contributed by atoms with Crippen molar-refractivity contribution in [3.05, 3.63) is 44.6 Å². The van der Waals surface area contributed by atoms with Crippen LogP contribution in [0.15, 0.2) is 33.7 Å². The molecule has 2 rings (SSSR count). The van der Waals surface area contributed by atoms with Crippen LogP contribution >= 0.6 is 15.9 Å². The third-order valence-electron chi connectivity index (χ3n) is 1.70. The summed E-state index contributed by atoms with van der Waals surface area (Å²) in [4.78, 5) is 14.3. The van der Waals surface area contributed by atoms with Gasteiger partial charge in [0.25, 0.3) is 0 Å². The minimum Gasteiger partial charge on any atom is -0.802 e. The zero-order chi connectivity index (χ0) is 9.42. The number of aromatic nitrogens is 2. The van der Waals surface area contributed by atoms with Crippen LogP contribution in [0.1, 0.15) is 0 Å². The van der Waals surface area contributed by atoms with Crippen LogP contribution in [0.3, 0.4) is 0 Å². The number of hydrogen-bond donors (Lipinski definition) is 0. The van der Waals surface area contributed by atoms with Crippen LogP contribution in [0.2, 0.25) is 0 Å². The lowest BCUT2D eigenvalue weighted by Crippen LogP contribution is -2.18. The van der Waals surface area contributed by atoms with Crippen molar-refractivity contribution in [2.75, 3.05) is 0 Å². The lowest BCUT2D eigenvalue weighted by atomic mass is 10.2. The van der Waals surface area contributed by atoms with Gasteiger partial charge in [0.2, 0.25) is 0 Å². The molecule has 1 heterocycles. The number of nitrogens with zero attached hydrogens (tertiary/aromatic N) is 2. The van der Waals surface area contributed by atoms with E-state index in [1.54, 1.807) is 18.2 Å². The summed E-state index contributed by atoms with van der Waals surface area (Å²) < 4.78 is 1.04. The van der Waals surface area contributed by atoms with E-state index in [4.69, 9.17) is 0 Å². The van der Waals surface area contributed by atoms with Crippen LogP contribution in [-0.2, 0) is 0 Å². The van der Waals surface area contributed by atoms with Gasteiger partial charge in [0, 0.05) is 16.1 Å². The summed E-state index contributed by atoms with van der Waals surface area (Å²) in [5, 5.41) is 11.9. The van der Waals surface area contributed by atoms with Crippen molar-refractivity contribution in [1.82, 2.24) is 9.71 Å². The topological polar surface area (TPSA) is 58.0 Å². The minimum absolute atomic E-state index is 0.278. The van der Waals surface area contributed by atoms with Gasteiger partial charge in [-0.05, 0) is 12.1 Å². The van der Waals surface area contributed by atoms with E-state index in [9.17, 15) is 10.0 Å². The van der Waals surface area contributed by atoms with Crippen molar-refractivity contribution >= 4 is 26.8 Å². The Hall–Kier alpha value is -1.36. The summed E-state index contributed by atoms with van der Waals surface area (Å²) in [6, 6.07) is 5.10. The van der Waals surface area contributed by atoms with Gasteiger partial charge in [-0.25, -0.2) is 9.78 Å². The summed E-state index contributed by atoms with van der Waals surface area (Å²) in [7, 11) is 0. The van der Waals surface area contributed by atoms with Crippen LogP contribution in [0.4, 0.5) is 0 Å². The predicted molar refractivity (Wildman–Crippen MR) is 52.5 cm³/mol. The second kappa shape index (κ2) is 2.85. The van der Waals surface area contributed by atoms with E-state index in [-0.39, 0.29) is 4.73 Å². The van der Waals surface area contributed by atoms with Crippen molar-refractivity contribution in [2.45, 2.75) is 0 Å². The smallest absolute Gasteiger partial charge is 0.343 e. The van der Waals surface area contributed by atoms with Crippen LogP contribution in [0.25, 0.3) is 10.9 Å². The molecule has 0 unspecified atom stereocenters. The SMILES string of the molecule is O=c1ncc2ccc(Br)cc2n1[O-]. The molecule has 1 aromatic carbocycles. The molecule has 4 nitrogen and oxygen atoms in total. The molecule has 2 aromatic rings. The Balaban J connectivity index is 2.97. The molecule has 0 N–H and O–H groups in total. The van der Waals surface area contributed by atoms with Crippen LogP contribution in [-0.4, -0.2) is 9.71 Å². The van der Waals surface area contributed by atoms with Crippen molar-refractivity contribution in [1.29, 1.82) is 0 Å². The lowest BCUT2D eigenvalue weighted by Gasteiger charge is -2.11. The van der Waals surface area contributed by atoms with E-state index in [1.807, 2.05) is 0 Å². The first-order valence-corrected chi connectivity index (χ1v) is 4.32. The highest BCUT2D eigenvalue weighted by atomic mass is 79.9. The van der Waals surface area contributed by atoms with E-state index < -0.39 is 5.69 Å². The standard InChI is InChI=1S/C8H4BrN2O2/c9-6-2-1-5-4-10-8(12)11(13)7(5)3-6/h1-4H/q-1. The molecule has 0 saturated heterocycles. The van der Waals surface area contributed by atoms with Gasteiger partial charge in [0.05, 0.1) is 5.52 Å². The predicted octanol–water partition coefficient (Wildman–Crippen LogP) is 1.50. The van der Waals surface area contributed by atoms with Gasteiger partial charge >= 0.3 is 5.69 Å². The maximum absolute atomic E-state index is 11.2. The number of fused-ring (bicyclic) bond motifs is 1. The molecular formula is C8H4BrN2O2-. The maximum Gasteiger partial charge on any atom is 0.343 e. The normalized spacial score (nSPS) is 10.5. The first kappa shape index (κ1) is 8.25. The summed E-state index contributed by atoms with van der Waals surface area (Å²) in [6.07, 6.45) is 1.39. The number of halogens is 1. The fourth-order valence-electron chi connectivity index (χ4n) is 1.08. The molecule has 0 radical (unpaired) electrons. The van der Waals surface area contributed by atoms with Gasteiger partial charge in [-0.2, -0.15) is 0 Å². The second-order valence-electron chi connectivity index (χ2n) is 2.54. The minimum atomic E-state index is -0.786. The Morgan fingerprint density at radius 1 is 1.46 bits per heavy atom. The Morgan fingerprint density at radius 3 is 3.00 bits per heavy atom. The Bertz CT molecular complexity index is 521. The fraction of sp³-hybridized carbons (Fsp3) is 0. The van der Waals surface area contributed by atoms with Gasteiger partial charge in [-0.1, -0.05) is 22.0 Å². The third-order valence-corrected chi connectivity index (χ3v) is 2.19. The fourth-order valence-corrected chi connectivity index (χ4v) is 1.43. The Labute approximate surface area is 81.5 Å². The quantitative estimate of drug-likeness (QED) is 0.701. The van der Waals surface area contributed by atoms with Crippen molar-refractivity contribution in [2.24, 2.45) is 0 Å². The molecule has 66 valence electrons. The van der Waals surface area contributed by atoms with Crippen molar-refractivity contribution in [3.8, 4) is 0 Å². The molecule has 0 aliphatic rings. The number of benzene rings is 1. The van der Waals surface area contributed by atoms with E-state index in [1.165, 1.54) is 6.20 Å². The third kappa shape index (κ3) is 1.31. The first-order valence-electron chi connectivity index (χ1n) is 3.53. The zero-order valence-electron chi connectivity index (χ0n) is 6.40. The highest BCUT2D eigenvalue weighted by Gasteiger charge is 1.97. The van der Waals surface area contributed by atoms with Crippen molar-refractivity contribution in [3.63, 3.8) is 0 Å². The summed E-state index contributed by atoms with van der Waals surface area (Å²) in [5.74, 6) is 0. The molecule has 0 bridgehead atoms. The van der Waals surface area contributed by atoms with E-state index >= 15 is 0 Å². The molecule has 1 aromatic heterocycles. The van der Waals surface area contributed by atoms with Gasteiger partial charge < -0.3 is 9.94 Å². The van der Waals surface area contributed by atoms with Crippen LogP contribution < -0.4 is 5.69 Å². The second-order valence-corrected chi connectivity index (χ2v) is 3.45. The summed E-state index contributed by atoms with van der Waals surface area (Å²) in [5.41, 5.74) is -0.458. The summed E-state index contributed by atoms with van der Waals surface area (Å²) in [6.45, 7) is 0.